The Labute approximate surface area is 174 Å². The zero-order valence-electron chi connectivity index (χ0n) is 16.8. The first-order valence-electron chi connectivity index (χ1n) is 9.30. The maximum atomic E-state index is 15.3. The van der Waals surface area contributed by atoms with Crippen molar-refractivity contribution in [3.05, 3.63) is 36.3 Å². The summed E-state index contributed by atoms with van der Waals surface area (Å²) in [5.41, 5.74) is 0.815. The van der Waals surface area contributed by atoms with Gasteiger partial charge in [-0.3, -0.25) is 14.6 Å². The summed E-state index contributed by atoms with van der Waals surface area (Å²) in [6, 6.07) is 0.575. The van der Waals surface area contributed by atoms with Crippen molar-refractivity contribution in [2.24, 2.45) is 13.0 Å². The molecule has 2 atom stereocenters. The van der Waals surface area contributed by atoms with Crippen molar-refractivity contribution in [3.8, 4) is 22.8 Å². The van der Waals surface area contributed by atoms with E-state index >= 15 is 4.39 Å². The Balaban J connectivity index is 1.88. The number of rotatable bonds is 6. The lowest BCUT2D eigenvalue weighted by atomic mass is 10.0. The maximum Gasteiger partial charge on any atom is 0.308 e. The lowest BCUT2D eigenvalue weighted by molar-refractivity contribution is -0.141. The fraction of sp³-hybridized carbons (Fsp3) is 0.263. The topological polar surface area (TPSA) is 134 Å². The van der Waals surface area contributed by atoms with Crippen molar-refractivity contribution >= 4 is 22.8 Å². The van der Waals surface area contributed by atoms with Gasteiger partial charge in [0.1, 0.15) is 17.2 Å². The zero-order valence-corrected chi connectivity index (χ0v) is 16.8. The van der Waals surface area contributed by atoms with Gasteiger partial charge in [-0.15, -0.1) is 0 Å². The van der Waals surface area contributed by atoms with E-state index in [-0.39, 0.29) is 23.0 Å². The number of pyridine rings is 1. The predicted octanol–water partition coefficient (Wildman–Crippen LogP) is 2.61. The van der Waals surface area contributed by atoms with Crippen molar-refractivity contribution in [1.82, 2.24) is 34.9 Å². The Bertz CT molecular complexity index is 1290. The molecule has 3 N–H and O–H groups in total. The molecule has 0 aromatic carbocycles. The molecule has 0 spiro atoms. The first kappa shape index (κ1) is 20.3. The van der Waals surface area contributed by atoms with Gasteiger partial charge in [0.2, 0.25) is 0 Å². The van der Waals surface area contributed by atoms with E-state index in [1.165, 1.54) is 23.9 Å². The minimum Gasteiger partial charge on any atom is -0.481 e. The molecule has 0 aliphatic heterocycles. The molecular formula is C19H18F2N8O2. The molecule has 4 aromatic heterocycles. The molecule has 4 aromatic rings. The number of carboxylic acid groups (broad SMARTS) is 1. The highest BCUT2D eigenvalue weighted by Gasteiger charge is 2.25. The number of nitrogens with zero attached hydrogens (tertiary/aromatic N) is 6. The molecule has 4 heterocycles. The standard InChI is InChI=1S/C19H18F2N8O2/c1-8(19(30)31)9(2)24-17-13(21)14(10-5-23-29(3)7-10)25-18(26-17)15-12-4-11(20)6-22-16(12)28-27-15/h4-9H,1-3H3,(H,30,31)(H,22,27,28)(H,24,25,26). The summed E-state index contributed by atoms with van der Waals surface area (Å²) in [6.07, 6.45) is 4.05. The number of hydrogen-bond acceptors (Lipinski definition) is 7. The average molecular weight is 428 g/mol. The number of nitrogens with one attached hydrogen (secondary N) is 2. The van der Waals surface area contributed by atoms with E-state index in [1.807, 2.05) is 0 Å². The molecule has 10 nitrogen and oxygen atoms in total. The first-order chi connectivity index (χ1) is 14.7. The summed E-state index contributed by atoms with van der Waals surface area (Å²) in [5.74, 6) is -3.40. The van der Waals surface area contributed by atoms with Crippen molar-refractivity contribution in [2.45, 2.75) is 19.9 Å². The summed E-state index contributed by atoms with van der Waals surface area (Å²) in [6.45, 7) is 3.10. The highest BCUT2D eigenvalue weighted by molar-refractivity contribution is 5.89. The molecule has 160 valence electrons. The van der Waals surface area contributed by atoms with Crippen LogP contribution in [-0.2, 0) is 11.8 Å². The second-order valence-corrected chi connectivity index (χ2v) is 7.14. The monoisotopic (exact) mass is 428 g/mol. The van der Waals surface area contributed by atoms with E-state index in [1.54, 1.807) is 20.2 Å². The van der Waals surface area contributed by atoms with E-state index in [4.69, 9.17) is 0 Å². The van der Waals surface area contributed by atoms with E-state index in [2.05, 4.69) is 35.6 Å². The van der Waals surface area contributed by atoms with Crippen LogP contribution in [0.15, 0.2) is 24.7 Å². The van der Waals surface area contributed by atoms with Crippen LogP contribution in [0.5, 0.6) is 0 Å². The van der Waals surface area contributed by atoms with Gasteiger partial charge in [-0.25, -0.2) is 23.7 Å². The number of carbonyl (C=O) groups is 1. The Morgan fingerprint density at radius 1 is 1.23 bits per heavy atom. The number of aliphatic carboxylic acids is 1. The zero-order chi connectivity index (χ0) is 22.3. The Kier molecular flexibility index (Phi) is 5.05. The van der Waals surface area contributed by atoms with Crippen LogP contribution in [0.1, 0.15) is 13.8 Å². The molecule has 12 heteroatoms. The van der Waals surface area contributed by atoms with E-state index in [0.717, 1.165) is 6.20 Å². The number of hydrogen-bond donors (Lipinski definition) is 3. The third-order valence-corrected chi connectivity index (χ3v) is 4.93. The van der Waals surface area contributed by atoms with Gasteiger partial charge in [-0.05, 0) is 19.9 Å². The molecule has 0 saturated heterocycles. The van der Waals surface area contributed by atoms with Gasteiger partial charge in [-0.2, -0.15) is 10.2 Å². The summed E-state index contributed by atoms with van der Waals surface area (Å²) < 4.78 is 30.6. The second-order valence-electron chi connectivity index (χ2n) is 7.14. The second kappa shape index (κ2) is 7.70. The van der Waals surface area contributed by atoms with E-state index < -0.39 is 29.6 Å². The number of aryl methyl sites for hydroxylation is 1. The lowest BCUT2D eigenvalue weighted by Crippen LogP contribution is -2.30. The summed E-state index contributed by atoms with van der Waals surface area (Å²) in [4.78, 5) is 23.7. The Hall–Kier alpha value is -3.96. The fourth-order valence-electron chi connectivity index (χ4n) is 2.99. The Morgan fingerprint density at radius 3 is 2.68 bits per heavy atom. The predicted molar refractivity (Wildman–Crippen MR) is 107 cm³/mol. The minimum absolute atomic E-state index is 0.0107. The van der Waals surface area contributed by atoms with Crippen LogP contribution in [0.2, 0.25) is 0 Å². The van der Waals surface area contributed by atoms with Gasteiger partial charge in [-0.1, -0.05) is 0 Å². The normalized spacial score (nSPS) is 13.3. The number of aromatic nitrogens is 7. The molecule has 4 rings (SSSR count). The molecule has 31 heavy (non-hydrogen) atoms. The molecular weight excluding hydrogens is 410 g/mol. The number of carboxylic acids is 1. The summed E-state index contributed by atoms with van der Waals surface area (Å²) in [7, 11) is 1.68. The van der Waals surface area contributed by atoms with Crippen LogP contribution in [0.25, 0.3) is 33.8 Å². The molecule has 0 aliphatic carbocycles. The molecule has 0 amide bonds. The van der Waals surface area contributed by atoms with Crippen molar-refractivity contribution in [1.29, 1.82) is 0 Å². The Morgan fingerprint density at radius 2 is 2.00 bits per heavy atom. The van der Waals surface area contributed by atoms with Crippen molar-refractivity contribution < 1.29 is 18.7 Å². The highest BCUT2D eigenvalue weighted by atomic mass is 19.1. The van der Waals surface area contributed by atoms with Gasteiger partial charge < -0.3 is 10.4 Å². The lowest BCUT2D eigenvalue weighted by Gasteiger charge is -2.19. The molecule has 0 radical (unpaired) electrons. The van der Waals surface area contributed by atoms with Crippen molar-refractivity contribution in [3.63, 3.8) is 0 Å². The molecule has 0 aliphatic rings. The largest absolute Gasteiger partial charge is 0.481 e. The van der Waals surface area contributed by atoms with Gasteiger partial charge in [0.15, 0.2) is 23.1 Å². The smallest absolute Gasteiger partial charge is 0.308 e. The van der Waals surface area contributed by atoms with Gasteiger partial charge in [0.05, 0.1) is 23.7 Å². The van der Waals surface area contributed by atoms with Crippen LogP contribution in [0.4, 0.5) is 14.6 Å². The van der Waals surface area contributed by atoms with Gasteiger partial charge >= 0.3 is 5.97 Å². The molecule has 0 bridgehead atoms. The van der Waals surface area contributed by atoms with Crippen LogP contribution in [0.3, 0.4) is 0 Å². The first-order valence-corrected chi connectivity index (χ1v) is 9.30. The average Bonchev–Trinajstić information content (AvgIpc) is 3.34. The van der Waals surface area contributed by atoms with Crippen LogP contribution < -0.4 is 5.32 Å². The number of H-pyrrole nitrogens is 1. The third-order valence-electron chi connectivity index (χ3n) is 4.93. The quantitative estimate of drug-likeness (QED) is 0.427. The van der Waals surface area contributed by atoms with Crippen molar-refractivity contribution in [2.75, 3.05) is 5.32 Å². The maximum absolute atomic E-state index is 15.3. The van der Waals surface area contributed by atoms with Crippen LogP contribution in [0, 0.1) is 17.6 Å². The van der Waals surface area contributed by atoms with Crippen LogP contribution in [-0.4, -0.2) is 52.0 Å². The van der Waals surface area contributed by atoms with Gasteiger partial charge in [0.25, 0.3) is 0 Å². The van der Waals surface area contributed by atoms with E-state index in [9.17, 15) is 14.3 Å². The molecule has 0 saturated carbocycles. The SMILES string of the molecule is CC(Nc1nc(-c2n[nH]c3ncc(F)cc23)nc(-c2cnn(C)c2)c1F)C(C)C(=O)O. The van der Waals surface area contributed by atoms with Crippen LogP contribution >= 0.6 is 0 Å². The number of halogens is 2. The highest BCUT2D eigenvalue weighted by Crippen LogP contribution is 2.31. The molecule has 0 fully saturated rings. The fourth-order valence-corrected chi connectivity index (χ4v) is 2.99. The number of anilines is 1. The summed E-state index contributed by atoms with van der Waals surface area (Å²) >= 11 is 0. The molecule has 2 unspecified atom stereocenters. The minimum atomic E-state index is -1.04. The number of fused-ring (bicyclic) bond motifs is 1. The number of aromatic amines is 1. The third kappa shape index (κ3) is 3.79. The summed E-state index contributed by atoms with van der Waals surface area (Å²) in [5, 5.41) is 23.2. The van der Waals surface area contributed by atoms with Gasteiger partial charge in [0, 0.05) is 24.8 Å². The van der Waals surface area contributed by atoms with E-state index in [0.29, 0.717) is 16.6 Å².